The van der Waals surface area contributed by atoms with E-state index in [1.807, 2.05) is 0 Å². The number of ether oxygens (including phenoxy) is 2. The third kappa shape index (κ3) is 5.42. The van der Waals surface area contributed by atoms with Crippen molar-refractivity contribution in [2.75, 3.05) is 25.3 Å². The predicted molar refractivity (Wildman–Crippen MR) is 80.4 cm³/mol. The van der Waals surface area contributed by atoms with Crippen LogP contribution in [-0.4, -0.2) is 30.6 Å². The molecule has 1 aromatic rings. The molecule has 1 N–H and O–H groups in total. The van der Waals surface area contributed by atoms with E-state index in [0.717, 1.165) is 0 Å². The van der Waals surface area contributed by atoms with Crippen LogP contribution in [0.5, 0.6) is 11.5 Å². The maximum Gasteiger partial charge on any atom is 0.234 e. The summed E-state index contributed by atoms with van der Waals surface area (Å²) in [5.74, 6) is 1.65. The average molecular weight is 283 g/mol. The second kappa shape index (κ2) is 6.70. The second-order valence-corrected chi connectivity index (χ2v) is 6.82. The lowest BCUT2D eigenvalue weighted by Gasteiger charge is -2.17. The molecule has 0 radical (unpaired) electrons. The summed E-state index contributed by atoms with van der Waals surface area (Å²) < 4.78 is 10.4. The molecule has 0 saturated carbocycles. The Morgan fingerprint density at radius 1 is 1.21 bits per heavy atom. The molecule has 0 fully saturated rings. The number of benzene rings is 1. The topological polar surface area (TPSA) is 47.6 Å². The molecule has 0 bridgehead atoms. The van der Waals surface area contributed by atoms with Gasteiger partial charge in [0.05, 0.1) is 20.0 Å². The van der Waals surface area contributed by atoms with Crippen molar-refractivity contribution >= 4 is 23.4 Å². The summed E-state index contributed by atoms with van der Waals surface area (Å²) in [5.41, 5.74) is 0.706. The van der Waals surface area contributed by atoms with Crippen LogP contribution in [0.2, 0.25) is 0 Å². The number of carbonyl (C=O) groups excluding carboxylic acids is 1. The molecule has 5 heteroatoms. The van der Waals surface area contributed by atoms with E-state index in [4.69, 9.17) is 9.47 Å². The minimum absolute atomic E-state index is 0.0212. The zero-order valence-corrected chi connectivity index (χ0v) is 12.9. The van der Waals surface area contributed by atoms with Crippen LogP contribution < -0.4 is 14.8 Å². The lowest BCUT2D eigenvalue weighted by Crippen LogP contribution is -2.18. The molecule has 0 aromatic heterocycles. The van der Waals surface area contributed by atoms with E-state index in [1.165, 1.54) is 0 Å². The quantitative estimate of drug-likeness (QED) is 0.901. The smallest absolute Gasteiger partial charge is 0.234 e. The van der Waals surface area contributed by atoms with Crippen LogP contribution in [0.4, 0.5) is 5.69 Å². The molecule has 0 atom stereocenters. The molecule has 0 aliphatic carbocycles. The van der Waals surface area contributed by atoms with E-state index in [2.05, 4.69) is 26.1 Å². The fraction of sp³-hybridized carbons (Fsp3) is 0.500. The number of anilines is 1. The van der Waals surface area contributed by atoms with E-state index in [1.54, 1.807) is 44.2 Å². The van der Waals surface area contributed by atoms with Gasteiger partial charge >= 0.3 is 0 Å². The first-order valence-corrected chi connectivity index (χ1v) is 7.00. The molecule has 1 amide bonds. The number of carbonyl (C=O) groups is 1. The number of nitrogens with one attached hydrogen (secondary N) is 1. The molecule has 19 heavy (non-hydrogen) atoms. The Balaban J connectivity index is 2.64. The Kier molecular flexibility index (Phi) is 5.54. The Bertz CT molecular complexity index is 441. The number of methoxy groups -OCH3 is 2. The molecule has 106 valence electrons. The average Bonchev–Trinajstić information content (AvgIpc) is 2.35. The van der Waals surface area contributed by atoms with Crippen molar-refractivity contribution in [3.63, 3.8) is 0 Å². The van der Waals surface area contributed by atoms with Crippen molar-refractivity contribution < 1.29 is 14.3 Å². The van der Waals surface area contributed by atoms with Gasteiger partial charge in [-0.15, -0.1) is 11.8 Å². The monoisotopic (exact) mass is 283 g/mol. The van der Waals surface area contributed by atoms with Crippen molar-refractivity contribution in [1.82, 2.24) is 0 Å². The lowest BCUT2D eigenvalue weighted by atomic mass is 10.2. The zero-order valence-electron chi connectivity index (χ0n) is 12.1. The van der Waals surface area contributed by atoms with Gasteiger partial charge < -0.3 is 14.8 Å². The minimum Gasteiger partial charge on any atom is -0.493 e. The maximum atomic E-state index is 11.8. The Morgan fingerprint density at radius 3 is 2.37 bits per heavy atom. The van der Waals surface area contributed by atoms with E-state index in [9.17, 15) is 4.79 Å². The van der Waals surface area contributed by atoms with E-state index < -0.39 is 0 Å². The van der Waals surface area contributed by atoms with Crippen LogP contribution in [0.15, 0.2) is 18.2 Å². The highest BCUT2D eigenvalue weighted by Gasteiger charge is 2.14. The van der Waals surface area contributed by atoms with Gasteiger partial charge in [0.2, 0.25) is 5.91 Å². The first-order chi connectivity index (χ1) is 8.85. The Morgan fingerprint density at radius 2 is 1.84 bits per heavy atom. The lowest BCUT2D eigenvalue weighted by molar-refractivity contribution is -0.113. The molecule has 0 spiro atoms. The van der Waals surface area contributed by atoms with Gasteiger partial charge in [0.15, 0.2) is 11.5 Å². The summed E-state index contributed by atoms with van der Waals surface area (Å²) >= 11 is 1.61. The molecule has 1 aromatic carbocycles. The summed E-state index contributed by atoms with van der Waals surface area (Å²) in [6, 6.07) is 5.31. The van der Waals surface area contributed by atoms with Crippen LogP contribution >= 0.6 is 11.8 Å². The SMILES string of the molecule is COc1ccc(NC(=O)CSC(C)(C)C)cc1OC. The summed E-state index contributed by atoms with van der Waals surface area (Å²) in [6.45, 7) is 6.25. The van der Waals surface area contributed by atoms with Crippen LogP contribution in [0.3, 0.4) is 0 Å². The van der Waals surface area contributed by atoms with Crippen LogP contribution in [0.1, 0.15) is 20.8 Å². The standard InChI is InChI=1S/C14H21NO3S/c1-14(2,3)19-9-13(16)15-10-6-7-11(17-4)12(8-10)18-5/h6-8H,9H2,1-5H3,(H,15,16). The van der Waals surface area contributed by atoms with Crippen molar-refractivity contribution in [3.8, 4) is 11.5 Å². The molecule has 0 aliphatic heterocycles. The molecule has 1 rings (SSSR count). The van der Waals surface area contributed by atoms with Crippen molar-refractivity contribution in [2.24, 2.45) is 0 Å². The fourth-order valence-corrected chi connectivity index (χ4v) is 2.03. The van der Waals surface area contributed by atoms with Crippen LogP contribution in [0.25, 0.3) is 0 Å². The van der Waals surface area contributed by atoms with Crippen molar-refractivity contribution in [3.05, 3.63) is 18.2 Å². The van der Waals surface area contributed by atoms with E-state index in [0.29, 0.717) is 22.9 Å². The molecule has 4 nitrogen and oxygen atoms in total. The third-order valence-electron chi connectivity index (χ3n) is 2.30. The first kappa shape index (κ1) is 15.7. The van der Waals surface area contributed by atoms with E-state index >= 15 is 0 Å². The van der Waals surface area contributed by atoms with Crippen LogP contribution in [-0.2, 0) is 4.79 Å². The summed E-state index contributed by atoms with van der Waals surface area (Å²) in [7, 11) is 3.15. The number of hydrogen-bond acceptors (Lipinski definition) is 4. The van der Waals surface area contributed by atoms with E-state index in [-0.39, 0.29) is 10.7 Å². The predicted octanol–water partition coefficient (Wildman–Crippen LogP) is 3.17. The normalized spacial score (nSPS) is 11.0. The highest BCUT2D eigenvalue weighted by molar-refractivity contribution is 8.01. The molecule has 0 aliphatic rings. The summed E-state index contributed by atoms with van der Waals surface area (Å²) in [6.07, 6.45) is 0. The highest BCUT2D eigenvalue weighted by Crippen LogP contribution is 2.30. The van der Waals surface area contributed by atoms with Gasteiger partial charge in [-0.3, -0.25) is 4.79 Å². The van der Waals surface area contributed by atoms with Gasteiger partial charge in [0.1, 0.15) is 0 Å². The Labute approximate surface area is 118 Å². The van der Waals surface area contributed by atoms with Gasteiger partial charge in [-0.1, -0.05) is 20.8 Å². The van der Waals surface area contributed by atoms with Crippen molar-refractivity contribution in [2.45, 2.75) is 25.5 Å². The summed E-state index contributed by atoms with van der Waals surface area (Å²) in [4.78, 5) is 11.8. The molecule has 0 unspecified atom stereocenters. The van der Waals surface area contributed by atoms with Gasteiger partial charge in [-0.25, -0.2) is 0 Å². The number of thioether (sulfide) groups is 1. The largest absolute Gasteiger partial charge is 0.493 e. The molecular formula is C14H21NO3S. The zero-order chi connectivity index (χ0) is 14.5. The van der Waals surface area contributed by atoms with Gasteiger partial charge in [-0.05, 0) is 12.1 Å². The fourth-order valence-electron chi connectivity index (χ4n) is 1.39. The minimum atomic E-state index is -0.0212. The number of rotatable bonds is 5. The third-order valence-corrected chi connectivity index (χ3v) is 3.58. The van der Waals surface area contributed by atoms with Gasteiger partial charge in [0, 0.05) is 16.5 Å². The number of hydrogen-bond donors (Lipinski definition) is 1. The molecular weight excluding hydrogens is 262 g/mol. The van der Waals surface area contributed by atoms with Gasteiger partial charge in [0.25, 0.3) is 0 Å². The van der Waals surface area contributed by atoms with Gasteiger partial charge in [-0.2, -0.15) is 0 Å². The maximum absolute atomic E-state index is 11.8. The first-order valence-electron chi connectivity index (χ1n) is 6.01. The Hall–Kier alpha value is -1.36. The number of amides is 1. The van der Waals surface area contributed by atoms with Crippen molar-refractivity contribution in [1.29, 1.82) is 0 Å². The highest BCUT2D eigenvalue weighted by atomic mass is 32.2. The second-order valence-electron chi connectivity index (χ2n) is 5.02. The molecule has 0 heterocycles. The summed E-state index contributed by atoms with van der Waals surface area (Å²) in [5, 5.41) is 2.85. The van der Waals surface area contributed by atoms with Crippen LogP contribution in [0, 0.1) is 0 Å². The molecule has 0 saturated heterocycles.